The monoisotopic (exact) mass is 267 g/mol. The maximum Gasteiger partial charge on any atom is 0.307 e. The third-order valence-electron chi connectivity index (χ3n) is 2.79. The number of carbonyl (C=O) groups is 2. The molecule has 9 nitrogen and oxygen atoms in total. The molecule has 9 heteroatoms. The molecule has 1 aromatic rings. The van der Waals surface area contributed by atoms with Gasteiger partial charge in [-0.15, -0.1) is 0 Å². The summed E-state index contributed by atoms with van der Waals surface area (Å²) in [5, 5.41) is 16.9. The lowest BCUT2D eigenvalue weighted by Gasteiger charge is -2.19. The average molecular weight is 267 g/mol. The second-order valence-corrected chi connectivity index (χ2v) is 4.13. The molecule has 1 saturated heterocycles. The number of carbonyl (C=O) groups excluding carboxylic acids is 2. The van der Waals surface area contributed by atoms with Crippen LogP contribution in [-0.2, 0) is 16.1 Å². The van der Waals surface area contributed by atoms with E-state index < -0.39 is 4.92 Å². The standard InChI is InChI=1S/C10H13N5O4/c16-9-1-3-13(4-2-11-9)10(17)7-14-6-8(5-12-14)15(18)19/h5-6H,1-4,7H2,(H,11,16). The highest BCUT2D eigenvalue weighted by atomic mass is 16.6. The topological polar surface area (TPSA) is 110 Å². The Morgan fingerprint density at radius 3 is 3.00 bits per heavy atom. The van der Waals surface area contributed by atoms with Gasteiger partial charge in [0, 0.05) is 26.1 Å². The normalized spacial score (nSPS) is 15.8. The van der Waals surface area contributed by atoms with Crippen molar-refractivity contribution in [2.75, 3.05) is 19.6 Å². The van der Waals surface area contributed by atoms with Gasteiger partial charge in [-0.1, -0.05) is 0 Å². The first-order valence-electron chi connectivity index (χ1n) is 5.77. The Bertz CT molecular complexity index is 512. The summed E-state index contributed by atoms with van der Waals surface area (Å²) >= 11 is 0. The molecule has 0 radical (unpaired) electrons. The van der Waals surface area contributed by atoms with E-state index in [-0.39, 0.29) is 30.5 Å². The first-order chi connectivity index (χ1) is 9.06. The van der Waals surface area contributed by atoms with E-state index in [1.165, 1.54) is 10.9 Å². The zero-order chi connectivity index (χ0) is 13.8. The van der Waals surface area contributed by atoms with E-state index in [2.05, 4.69) is 10.4 Å². The summed E-state index contributed by atoms with van der Waals surface area (Å²) in [4.78, 5) is 34.6. The minimum Gasteiger partial charge on any atom is -0.354 e. The Kier molecular flexibility index (Phi) is 3.74. The summed E-state index contributed by atoms with van der Waals surface area (Å²) in [6.45, 7) is 1.15. The van der Waals surface area contributed by atoms with Crippen molar-refractivity contribution in [3.8, 4) is 0 Å². The summed E-state index contributed by atoms with van der Waals surface area (Å²) < 4.78 is 1.22. The van der Waals surface area contributed by atoms with Gasteiger partial charge in [-0.2, -0.15) is 5.10 Å². The summed E-state index contributed by atoms with van der Waals surface area (Å²) in [5.41, 5.74) is -0.152. The highest BCUT2D eigenvalue weighted by Crippen LogP contribution is 2.08. The van der Waals surface area contributed by atoms with Crippen molar-refractivity contribution in [2.45, 2.75) is 13.0 Å². The lowest BCUT2D eigenvalue weighted by Crippen LogP contribution is -2.36. The molecule has 102 valence electrons. The molecule has 0 unspecified atom stereocenters. The predicted octanol–water partition coefficient (Wildman–Crippen LogP) is -0.860. The second-order valence-electron chi connectivity index (χ2n) is 4.13. The maximum absolute atomic E-state index is 12.0. The van der Waals surface area contributed by atoms with E-state index in [0.717, 1.165) is 6.20 Å². The van der Waals surface area contributed by atoms with Crippen LogP contribution >= 0.6 is 0 Å². The van der Waals surface area contributed by atoms with Crippen LogP contribution in [0.1, 0.15) is 6.42 Å². The number of nitrogens with one attached hydrogen (secondary N) is 1. The smallest absolute Gasteiger partial charge is 0.307 e. The molecule has 0 saturated carbocycles. The second kappa shape index (κ2) is 5.46. The molecular formula is C10H13N5O4. The number of amides is 2. The molecule has 0 aliphatic carbocycles. The highest BCUT2D eigenvalue weighted by Gasteiger charge is 2.19. The molecule has 19 heavy (non-hydrogen) atoms. The zero-order valence-corrected chi connectivity index (χ0v) is 10.1. The van der Waals surface area contributed by atoms with Crippen molar-refractivity contribution in [3.05, 3.63) is 22.5 Å². The van der Waals surface area contributed by atoms with Crippen molar-refractivity contribution < 1.29 is 14.5 Å². The van der Waals surface area contributed by atoms with Gasteiger partial charge in [0.25, 0.3) is 0 Å². The molecule has 1 aromatic heterocycles. The third-order valence-corrected chi connectivity index (χ3v) is 2.79. The number of hydrogen-bond donors (Lipinski definition) is 1. The van der Waals surface area contributed by atoms with Crippen molar-refractivity contribution in [1.82, 2.24) is 20.0 Å². The van der Waals surface area contributed by atoms with Crippen molar-refractivity contribution in [2.24, 2.45) is 0 Å². The molecule has 2 heterocycles. The van der Waals surface area contributed by atoms with Crippen LogP contribution in [0.5, 0.6) is 0 Å². The third kappa shape index (κ3) is 3.27. The predicted molar refractivity (Wildman–Crippen MR) is 63.1 cm³/mol. The van der Waals surface area contributed by atoms with Crippen LogP contribution in [0.15, 0.2) is 12.4 Å². The van der Waals surface area contributed by atoms with Crippen LogP contribution in [-0.4, -0.2) is 51.1 Å². The van der Waals surface area contributed by atoms with Crippen molar-refractivity contribution >= 4 is 17.5 Å². The van der Waals surface area contributed by atoms with Gasteiger partial charge in [0.15, 0.2) is 0 Å². The quantitative estimate of drug-likeness (QED) is 0.566. The molecule has 2 rings (SSSR count). The summed E-state index contributed by atoms with van der Waals surface area (Å²) in [7, 11) is 0. The van der Waals surface area contributed by atoms with E-state index >= 15 is 0 Å². The average Bonchev–Trinajstić information content (AvgIpc) is 2.71. The number of nitro groups is 1. The Labute approximate surface area is 108 Å². The Morgan fingerprint density at radius 1 is 1.53 bits per heavy atom. The number of nitrogens with zero attached hydrogens (tertiary/aromatic N) is 4. The lowest BCUT2D eigenvalue weighted by molar-refractivity contribution is -0.385. The van der Waals surface area contributed by atoms with Gasteiger partial charge in [0.2, 0.25) is 11.8 Å². The fraction of sp³-hybridized carbons (Fsp3) is 0.500. The van der Waals surface area contributed by atoms with E-state index in [1.54, 1.807) is 4.90 Å². The minimum absolute atomic E-state index is 0.0674. The summed E-state index contributed by atoms with van der Waals surface area (Å²) in [6.07, 6.45) is 2.57. The summed E-state index contributed by atoms with van der Waals surface area (Å²) in [5.74, 6) is -0.292. The van der Waals surface area contributed by atoms with Gasteiger partial charge in [-0.05, 0) is 0 Å². The molecule has 0 atom stereocenters. The first-order valence-corrected chi connectivity index (χ1v) is 5.77. The van der Waals surface area contributed by atoms with Crippen LogP contribution in [0.2, 0.25) is 0 Å². The van der Waals surface area contributed by atoms with Crippen LogP contribution in [0.25, 0.3) is 0 Å². The van der Waals surface area contributed by atoms with Gasteiger partial charge in [0.1, 0.15) is 18.9 Å². The highest BCUT2D eigenvalue weighted by molar-refractivity contribution is 5.80. The fourth-order valence-corrected chi connectivity index (χ4v) is 1.79. The van der Waals surface area contributed by atoms with E-state index in [0.29, 0.717) is 19.6 Å². The zero-order valence-electron chi connectivity index (χ0n) is 10.1. The first kappa shape index (κ1) is 13.0. The lowest BCUT2D eigenvalue weighted by atomic mass is 10.3. The number of aromatic nitrogens is 2. The Hall–Kier alpha value is -2.45. The molecule has 0 spiro atoms. The molecular weight excluding hydrogens is 254 g/mol. The van der Waals surface area contributed by atoms with Crippen LogP contribution in [0.3, 0.4) is 0 Å². The Morgan fingerprint density at radius 2 is 2.32 bits per heavy atom. The van der Waals surface area contributed by atoms with E-state index in [4.69, 9.17) is 0 Å². The van der Waals surface area contributed by atoms with E-state index in [9.17, 15) is 19.7 Å². The van der Waals surface area contributed by atoms with E-state index in [1.807, 2.05) is 0 Å². The van der Waals surface area contributed by atoms with Gasteiger partial charge in [-0.3, -0.25) is 24.4 Å². The van der Waals surface area contributed by atoms with Crippen LogP contribution < -0.4 is 5.32 Å². The number of hydrogen-bond acceptors (Lipinski definition) is 5. The fourth-order valence-electron chi connectivity index (χ4n) is 1.79. The van der Waals surface area contributed by atoms with Crippen molar-refractivity contribution in [3.63, 3.8) is 0 Å². The molecule has 1 fully saturated rings. The largest absolute Gasteiger partial charge is 0.354 e. The van der Waals surface area contributed by atoms with Gasteiger partial charge >= 0.3 is 5.69 Å². The summed E-state index contributed by atoms with van der Waals surface area (Å²) in [6, 6.07) is 0. The van der Waals surface area contributed by atoms with Crippen LogP contribution in [0, 0.1) is 10.1 Å². The molecule has 1 aliphatic rings. The van der Waals surface area contributed by atoms with Gasteiger partial charge in [0.05, 0.1) is 4.92 Å². The van der Waals surface area contributed by atoms with Crippen LogP contribution in [0.4, 0.5) is 5.69 Å². The maximum atomic E-state index is 12.0. The SMILES string of the molecule is O=C1CCN(C(=O)Cn2cc([N+](=O)[O-])cn2)CCN1. The Balaban J connectivity index is 1.95. The van der Waals surface area contributed by atoms with Gasteiger partial charge in [-0.25, -0.2) is 0 Å². The molecule has 1 aliphatic heterocycles. The minimum atomic E-state index is -0.567. The molecule has 1 N–H and O–H groups in total. The number of rotatable bonds is 3. The van der Waals surface area contributed by atoms with Gasteiger partial charge < -0.3 is 10.2 Å². The molecule has 0 bridgehead atoms. The van der Waals surface area contributed by atoms with Crippen molar-refractivity contribution in [1.29, 1.82) is 0 Å². The molecule has 0 aromatic carbocycles. The molecule has 2 amide bonds.